The van der Waals surface area contributed by atoms with Crippen LogP contribution in [0.25, 0.3) is 11.5 Å². The first-order valence-electron chi connectivity index (χ1n) is 6.08. The Bertz CT molecular complexity index is 552. The molecule has 1 aromatic heterocycles. The third-order valence-corrected chi connectivity index (χ3v) is 2.65. The topological polar surface area (TPSA) is 80.0 Å². The molecule has 0 aliphatic rings. The Labute approximate surface area is 111 Å². The Morgan fingerprint density at radius 1 is 1.42 bits per heavy atom. The van der Waals surface area contributed by atoms with Crippen molar-refractivity contribution < 1.29 is 9.21 Å². The van der Waals surface area contributed by atoms with Crippen molar-refractivity contribution in [3.05, 3.63) is 30.2 Å². The van der Waals surface area contributed by atoms with Gasteiger partial charge in [-0.2, -0.15) is 0 Å². The first kappa shape index (κ1) is 13.2. The van der Waals surface area contributed by atoms with Crippen LogP contribution in [0.4, 0.5) is 5.69 Å². The number of rotatable bonds is 5. The summed E-state index contributed by atoms with van der Waals surface area (Å²) in [4.78, 5) is 11.7. The van der Waals surface area contributed by atoms with Gasteiger partial charge in [-0.1, -0.05) is 13.0 Å². The number of nitrogens with one attached hydrogen (secondary N) is 2. The monoisotopic (exact) mass is 260 g/mol. The van der Waals surface area contributed by atoms with Crippen LogP contribution >= 0.6 is 0 Å². The summed E-state index contributed by atoms with van der Waals surface area (Å²) in [5.41, 5.74) is 2.51. The number of likely N-dealkylation sites (N-methyl/N-ethyl adjacent to an activating group) is 1. The molecule has 0 bridgehead atoms. The first-order valence-corrected chi connectivity index (χ1v) is 6.08. The molecule has 0 fully saturated rings. The van der Waals surface area contributed by atoms with Crippen LogP contribution in [0.1, 0.15) is 12.5 Å². The van der Waals surface area contributed by atoms with E-state index in [1.165, 1.54) is 6.39 Å². The molecule has 100 valence electrons. The minimum absolute atomic E-state index is 0.0763. The van der Waals surface area contributed by atoms with E-state index in [2.05, 4.69) is 20.8 Å². The van der Waals surface area contributed by atoms with Gasteiger partial charge in [0.1, 0.15) is 0 Å². The van der Waals surface area contributed by atoms with Gasteiger partial charge in [-0.3, -0.25) is 4.79 Å². The summed E-state index contributed by atoms with van der Waals surface area (Å²) in [6.45, 7) is 4.93. The summed E-state index contributed by atoms with van der Waals surface area (Å²) in [5, 5.41) is 13.3. The number of carbonyl (C=O) groups excluding carboxylic acids is 1. The summed E-state index contributed by atoms with van der Waals surface area (Å²) in [5.74, 6) is 0.356. The molecule has 0 saturated heterocycles. The molecule has 0 unspecified atom stereocenters. The molecule has 19 heavy (non-hydrogen) atoms. The molecule has 0 atom stereocenters. The van der Waals surface area contributed by atoms with Gasteiger partial charge >= 0.3 is 0 Å². The van der Waals surface area contributed by atoms with Gasteiger partial charge in [0.15, 0.2) is 0 Å². The number of hydrogen-bond acceptors (Lipinski definition) is 5. The van der Waals surface area contributed by atoms with E-state index in [1.807, 2.05) is 32.0 Å². The maximum absolute atomic E-state index is 11.7. The zero-order chi connectivity index (χ0) is 13.7. The lowest BCUT2D eigenvalue weighted by Crippen LogP contribution is -2.28. The van der Waals surface area contributed by atoms with Crippen LogP contribution in [-0.2, 0) is 4.79 Å². The van der Waals surface area contributed by atoms with Gasteiger partial charge in [-0.25, -0.2) is 0 Å². The van der Waals surface area contributed by atoms with Gasteiger partial charge in [-0.05, 0) is 31.2 Å². The molecular formula is C13H16N4O2. The van der Waals surface area contributed by atoms with E-state index in [9.17, 15) is 4.79 Å². The molecule has 0 aliphatic carbocycles. The molecule has 6 nitrogen and oxygen atoms in total. The Kier molecular flexibility index (Phi) is 4.25. The largest absolute Gasteiger partial charge is 0.423 e. The van der Waals surface area contributed by atoms with Crippen molar-refractivity contribution in [3.63, 3.8) is 0 Å². The van der Waals surface area contributed by atoms with Crippen molar-refractivity contribution in [2.45, 2.75) is 13.8 Å². The van der Waals surface area contributed by atoms with E-state index in [-0.39, 0.29) is 5.91 Å². The van der Waals surface area contributed by atoms with Crippen LogP contribution in [0.3, 0.4) is 0 Å². The van der Waals surface area contributed by atoms with E-state index in [4.69, 9.17) is 4.42 Å². The van der Waals surface area contributed by atoms with Gasteiger partial charge in [0.25, 0.3) is 0 Å². The van der Waals surface area contributed by atoms with Gasteiger partial charge < -0.3 is 15.1 Å². The Morgan fingerprint density at radius 2 is 2.26 bits per heavy atom. The minimum atomic E-state index is -0.0763. The van der Waals surface area contributed by atoms with E-state index in [0.717, 1.165) is 23.4 Å². The Morgan fingerprint density at radius 3 is 2.95 bits per heavy atom. The predicted octanol–water partition coefficient (Wildman–Crippen LogP) is 1.59. The number of aromatic nitrogens is 2. The van der Waals surface area contributed by atoms with E-state index in [0.29, 0.717) is 12.4 Å². The highest BCUT2D eigenvalue weighted by atomic mass is 16.4. The van der Waals surface area contributed by atoms with Gasteiger partial charge in [0.2, 0.25) is 18.2 Å². The second kappa shape index (κ2) is 6.10. The Hall–Kier alpha value is -2.21. The number of carbonyl (C=O) groups is 1. The van der Waals surface area contributed by atoms with E-state index < -0.39 is 0 Å². The number of amides is 1. The molecule has 0 spiro atoms. The molecule has 1 amide bonds. The lowest BCUT2D eigenvalue weighted by atomic mass is 10.1. The smallest absolute Gasteiger partial charge is 0.247 e. The van der Waals surface area contributed by atoms with Crippen molar-refractivity contribution >= 4 is 11.6 Å². The Balaban J connectivity index is 2.16. The highest BCUT2D eigenvalue weighted by Gasteiger charge is 2.08. The molecule has 2 aromatic rings. The number of aryl methyl sites for hydroxylation is 1. The second-order valence-electron chi connectivity index (χ2n) is 4.10. The molecule has 2 rings (SSSR count). The third kappa shape index (κ3) is 3.38. The van der Waals surface area contributed by atoms with Gasteiger partial charge in [0, 0.05) is 11.3 Å². The van der Waals surface area contributed by atoms with Crippen LogP contribution in [0.5, 0.6) is 0 Å². The van der Waals surface area contributed by atoms with Crippen molar-refractivity contribution in [3.8, 4) is 11.5 Å². The maximum Gasteiger partial charge on any atom is 0.247 e. The third-order valence-electron chi connectivity index (χ3n) is 2.65. The summed E-state index contributed by atoms with van der Waals surface area (Å²) in [6.07, 6.45) is 1.28. The standard InChI is InChI=1S/C13H16N4O2/c1-3-14-7-12(18)16-11-6-10(5-4-9(11)2)13-17-15-8-19-13/h4-6,8,14H,3,7H2,1-2H3,(H,16,18). The average Bonchev–Trinajstić information content (AvgIpc) is 2.93. The second-order valence-corrected chi connectivity index (χ2v) is 4.10. The average molecular weight is 260 g/mol. The fraction of sp³-hybridized carbons (Fsp3) is 0.308. The van der Waals surface area contributed by atoms with Gasteiger partial charge in [0.05, 0.1) is 6.54 Å². The zero-order valence-electron chi connectivity index (χ0n) is 10.9. The lowest BCUT2D eigenvalue weighted by Gasteiger charge is -2.09. The summed E-state index contributed by atoms with van der Waals surface area (Å²) in [6, 6.07) is 5.61. The van der Waals surface area contributed by atoms with E-state index >= 15 is 0 Å². The van der Waals surface area contributed by atoms with Crippen LogP contribution in [0, 0.1) is 6.92 Å². The first-order chi connectivity index (χ1) is 9.20. The predicted molar refractivity (Wildman–Crippen MR) is 71.6 cm³/mol. The van der Waals surface area contributed by atoms with Crippen molar-refractivity contribution in [2.75, 3.05) is 18.4 Å². The van der Waals surface area contributed by atoms with Crippen molar-refractivity contribution in [1.29, 1.82) is 0 Å². The van der Waals surface area contributed by atoms with Crippen LogP contribution in [-0.4, -0.2) is 29.2 Å². The van der Waals surface area contributed by atoms with Crippen molar-refractivity contribution in [2.24, 2.45) is 0 Å². The lowest BCUT2D eigenvalue weighted by molar-refractivity contribution is -0.115. The molecule has 0 saturated carbocycles. The zero-order valence-corrected chi connectivity index (χ0v) is 10.9. The number of benzene rings is 1. The SMILES string of the molecule is CCNCC(=O)Nc1cc(-c2nnco2)ccc1C. The number of hydrogen-bond donors (Lipinski definition) is 2. The maximum atomic E-state index is 11.7. The molecule has 1 aromatic carbocycles. The molecular weight excluding hydrogens is 244 g/mol. The molecule has 2 N–H and O–H groups in total. The number of nitrogens with zero attached hydrogens (tertiary/aromatic N) is 2. The summed E-state index contributed by atoms with van der Waals surface area (Å²) >= 11 is 0. The summed E-state index contributed by atoms with van der Waals surface area (Å²) in [7, 11) is 0. The molecule has 0 aliphatic heterocycles. The highest BCUT2D eigenvalue weighted by molar-refractivity contribution is 5.93. The fourth-order valence-corrected chi connectivity index (χ4v) is 1.62. The van der Waals surface area contributed by atoms with Crippen LogP contribution in [0.2, 0.25) is 0 Å². The fourth-order valence-electron chi connectivity index (χ4n) is 1.62. The quantitative estimate of drug-likeness (QED) is 0.853. The molecule has 1 heterocycles. The highest BCUT2D eigenvalue weighted by Crippen LogP contribution is 2.23. The normalized spacial score (nSPS) is 10.4. The van der Waals surface area contributed by atoms with Crippen LogP contribution < -0.4 is 10.6 Å². The number of anilines is 1. The van der Waals surface area contributed by atoms with E-state index in [1.54, 1.807) is 0 Å². The van der Waals surface area contributed by atoms with Crippen molar-refractivity contribution in [1.82, 2.24) is 15.5 Å². The minimum Gasteiger partial charge on any atom is -0.423 e. The molecule has 0 radical (unpaired) electrons. The van der Waals surface area contributed by atoms with Crippen LogP contribution in [0.15, 0.2) is 29.0 Å². The van der Waals surface area contributed by atoms with Gasteiger partial charge in [-0.15, -0.1) is 10.2 Å². The molecule has 6 heteroatoms. The summed E-state index contributed by atoms with van der Waals surface area (Å²) < 4.78 is 5.14.